The predicted octanol–water partition coefficient (Wildman–Crippen LogP) is 4.52. The fourth-order valence-corrected chi connectivity index (χ4v) is 2.83. The van der Waals surface area contributed by atoms with Gasteiger partial charge in [0.1, 0.15) is 11.4 Å². The standard InChI is InChI=1S/C13H11BrClN3O3/c1-6-4-9(14)5-7(2)11(6)21-12-10(18(19)20)8(3)16-13(15)17-12/h4-5H,1-3H3. The first-order valence-electron chi connectivity index (χ1n) is 5.92. The Morgan fingerprint density at radius 2 is 1.81 bits per heavy atom. The Hall–Kier alpha value is -1.73. The molecule has 21 heavy (non-hydrogen) atoms. The lowest BCUT2D eigenvalue weighted by molar-refractivity contribution is -0.386. The number of nitrogens with zero attached hydrogens (tertiary/aromatic N) is 3. The monoisotopic (exact) mass is 371 g/mol. The minimum atomic E-state index is -0.579. The summed E-state index contributed by atoms with van der Waals surface area (Å²) in [6.07, 6.45) is 0. The Morgan fingerprint density at radius 1 is 1.24 bits per heavy atom. The van der Waals surface area contributed by atoms with Gasteiger partial charge in [-0.1, -0.05) is 15.9 Å². The summed E-state index contributed by atoms with van der Waals surface area (Å²) in [6, 6.07) is 3.70. The molecule has 0 amide bonds. The normalized spacial score (nSPS) is 10.5. The Balaban J connectivity index is 2.57. The molecule has 0 saturated carbocycles. The van der Waals surface area contributed by atoms with Crippen LogP contribution in [0.15, 0.2) is 16.6 Å². The molecular weight excluding hydrogens is 362 g/mol. The molecule has 0 aliphatic rings. The smallest absolute Gasteiger partial charge is 0.352 e. The van der Waals surface area contributed by atoms with Crippen molar-refractivity contribution < 1.29 is 9.66 Å². The van der Waals surface area contributed by atoms with Gasteiger partial charge in [-0.2, -0.15) is 4.98 Å². The van der Waals surface area contributed by atoms with Crippen molar-refractivity contribution in [3.8, 4) is 11.6 Å². The number of aryl methyl sites for hydroxylation is 3. The van der Waals surface area contributed by atoms with Gasteiger partial charge in [-0.05, 0) is 55.6 Å². The third-order valence-corrected chi connectivity index (χ3v) is 3.43. The van der Waals surface area contributed by atoms with E-state index in [1.807, 2.05) is 26.0 Å². The number of ether oxygens (including phenoxy) is 1. The van der Waals surface area contributed by atoms with Gasteiger partial charge in [0.05, 0.1) is 4.92 Å². The third-order valence-electron chi connectivity index (χ3n) is 2.81. The summed E-state index contributed by atoms with van der Waals surface area (Å²) in [6.45, 7) is 5.17. The average molecular weight is 373 g/mol. The minimum Gasteiger partial charge on any atom is -0.433 e. The van der Waals surface area contributed by atoms with Gasteiger partial charge < -0.3 is 4.74 Å². The van der Waals surface area contributed by atoms with Crippen LogP contribution in [0.5, 0.6) is 11.6 Å². The first-order chi connectivity index (χ1) is 9.79. The van der Waals surface area contributed by atoms with Crippen molar-refractivity contribution in [1.82, 2.24) is 9.97 Å². The number of hydrogen-bond acceptors (Lipinski definition) is 5. The second-order valence-corrected chi connectivity index (χ2v) is 5.71. The molecule has 0 bridgehead atoms. The van der Waals surface area contributed by atoms with Crippen LogP contribution < -0.4 is 4.74 Å². The molecule has 0 fully saturated rings. The molecule has 0 aliphatic carbocycles. The van der Waals surface area contributed by atoms with Crippen LogP contribution in [0, 0.1) is 30.9 Å². The van der Waals surface area contributed by atoms with Crippen molar-refractivity contribution >= 4 is 33.2 Å². The number of benzene rings is 1. The summed E-state index contributed by atoms with van der Waals surface area (Å²) in [5.74, 6) is 0.349. The fourth-order valence-electron chi connectivity index (χ4n) is 1.94. The summed E-state index contributed by atoms with van der Waals surface area (Å²) in [5, 5.41) is 11.1. The molecule has 2 rings (SSSR count). The molecule has 0 saturated heterocycles. The Kier molecular flexibility index (Phi) is 4.43. The number of rotatable bonds is 3. The zero-order valence-corrected chi connectivity index (χ0v) is 13.8. The van der Waals surface area contributed by atoms with Crippen LogP contribution in [0.2, 0.25) is 5.28 Å². The largest absolute Gasteiger partial charge is 0.433 e. The van der Waals surface area contributed by atoms with Crippen molar-refractivity contribution in [2.75, 3.05) is 0 Å². The maximum absolute atomic E-state index is 11.2. The molecule has 0 aliphatic heterocycles. The van der Waals surface area contributed by atoms with Crippen molar-refractivity contribution in [1.29, 1.82) is 0 Å². The van der Waals surface area contributed by atoms with E-state index in [4.69, 9.17) is 16.3 Å². The number of aromatic nitrogens is 2. The molecule has 0 N–H and O–H groups in total. The van der Waals surface area contributed by atoms with Gasteiger partial charge in [0.25, 0.3) is 0 Å². The SMILES string of the molecule is Cc1cc(Br)cc(C)c1Oc1nc(Cl)nc(C)c1[N+](=O)[O-]. The Labute approximate surface area is 134 Å². The van der Waals surface area contributed by atoms with Gasteiger partial charge in [-0.3, -0.25) is 10.1 Å². The first kappa shape index (κ1) is 15.7. The van der Waals surface area contributed by atoms with Crippen LogP contribution in [0.4, 0.5) is 5.69 Å². The van der Waals surface area contributed by atoms with E-state index in [0.29, 0.717) is 5.75 Å². The fraction of sp³-hybridized carbons (Fsp3) is 0.231. The van der Waals surface area contributed by atoms with Crippen LogP contribution in [-0.2, 0) is 0 Å². The van der Waals surface area contributed by atoms with E-state index in [1.54, 1.807) is 0 Å². The molecule has 8 heteroatoms. The molecule has 1 aromatic heterocycles. The van der Waals surface area contributed by atoms with Gasteiger partial charge in [0.2, 0.25) is 5.28 Å². The highest BCUT2D eigenvalue weighted by Crippen LogP contribution is 2.36. The number of hydrogen-bond donors (Lipinski definition) is 0. The summed E-state index contributed by atoms with van der Waals surface area (Å²) in [7, 11) is 0. The third kappa shape index (κ3) is 3.30. The van der Waals surface area contributed by atoms with E-state index < -0.39 is 4.92 Å². The molecular formula is C13H11BrClN3O3. The van der Waals surface area contributed by atoms with Crippen LogP contribution in [0.3, 0.4) is 0 Å². The van der Waals surface area contributed by atoms with E-state index in [0.717, 1.165) is 15.6 Å². The predicted molar refractivity (Wildman–Crippen MR) is 82.1 cm³/mol. The van der Waals surface area contributed by atoms with Crippen molar-refractivity contribution in [2.45, 2.75) is 20.8 Å². The number of halogens is 2. The summed E-state index contributed by atoms with van der Waals surface area (Å²) < 4.78 is 6.55. The highest BCUT2D eigenvalue weighted by Gasteiger charge is 2.24. The summed E-state index contributed by atoms with van der Waals surface area (Å²) >= 11 is 9.15. The van der Waals surface area contributed by atoms with Gasteiger partial charge in [0.15, 0.2) is 0 Å². The van der Waals surface area contributed by atoms with Crippen LogP contribution in [0.1, 0.15) is 16.8 Å². The molecule has 0 unspecified atom stereocenters. The molecule has 0 spiro atoms. The average Bonchev–Trinajstić information content (AvgIpc) is 2.32. The van der Waals surface area contributed by atoms with E-state index >= 15 is 0 Å². The molecule has 1 aromatic carbocycles. The van der Waals surface area contributed by atoms with E-state index in [1.165, 1.54) is 6.92 Å². The highest BCUT2D eigenvalue weighted by atomic mass is 79.9. The molecule has 0 atom stereocenters. The quantitative estimate of drug-likeness (QED) is 0.450. The Morgan fingerprint density at radius 3 is 2.33 bits per heavy atom. The van der Waals surface area contributed by atoms with Crippen LogP contribution >= 0.6 is 27.5 Å². The van der Waals surface area contributed by atoms with Crippen LogP contribution in [-0.4, -0.2) is 14.9 Å². The molecule has 6 nitrogen and oxygen atoms in total. The van der Waals surface area contributed by atoms with E-state index in [2.05, 4.69) is 25.9 Å². The van der Waals surface area contributed by atoms with Crippen molar-refractivity contribution in [3.05, 3.63) is 48.8 Å². The molecule has 2 aromatic rings. The van der Waals surface area contributed by atoms with Gasteiger partial charge >= 0.3 is 11.6 Å². The van der Waals surface area contributed by atoms with Gasteiger partial charge in [-0.15, -0.1) is 0 Å². The number of nitro groups is 1. The lowest BCUT2D eigenvalue weighted by Gasteiger charge is -2.12. The maximum atomic E-state index is 11.2. The molecule has 1 heterocycles. The Bertz CT molecular complexity index is 714. The first-order valence-corrected chi connectivity index (χ1v) is 7.10. The zero-order chi connectivity index (χ0) is 15.7. The summed E-state index contributed by atoms with van der Waals surface area (Å²) in [5.41, 5.74) is 1.51. The van der Waals surface area contributed by atoms with Crippen LogP contribution in [0.25, 0.3) is 0 Å². The molecule has 110 valence electrons. The van der Waals surface area contributed by atoms with Crippen molar-refractivity contribution in [2.24, 2.45) is 0 Å². The van der Waals surface area contributed by atoms with Crippen molar-refractivity contribution in [3.63, 3.8) is 0 Å². The zero-order valence-electron chi connectivity index (χ0n) is 11.5. The van der Waals surface area contributed by atoms with E-state index in [-0.39, 0.29) is 22.5 Å². The second kappa shape index (κ2) is 5.95. The topological polar surface area (TPSA) is 78.2 Å². The van der Waals surface area contributed by atoms with E-state index in [9.17, 15) is 10.1 Å². The lowest BCUT2D eigenvalue weighted by atomic mass is 10.1. The highest BCUT2D eigenvalue weighted by molar-refractivity contribution is 9.10. The minimum absolute atomic E-state index is 0.0967. The lowest BCUT2D eigenvalue weighted by Crippen LogP contribution is -2.02. The van der Waals surface area contributed by atoms with Gasteiger partial charge in [0, 0.05) is 4.47 Å². The maximum Gasteiger partial charge on any atom is 0.352 e. The molecule has 0 radical (unpaired) electrons. The second-order valence-electron chi connectivity index (χ2n) is 4.46. The summed E-state index contributed by atoms with van der Waals surface area (Å²) in [4.78, 5) is 18.2. The van der Waals surface area contributed by atoms with Gasteiger partial charge in [-0.25, -0.2) is 4.98 Å².